The molecule has 0 aromatic heterocycles. The van der Waals surface area contributed by atoms with Crippen molar-refractivity contribution in [1.29, 1.82) is 0 Å². The third-order valence-electron chi connectivity index (χ3n) is 2.27. The van der Waals surface area contributed by atoms with Crippen molar-refractivity contribution >= 4 is 23.6 Å². The minimum atomic E-state index is -0.158. The first-order valence-corrected chi connectivity index (χ1v) is 6.64. The second-order valence-corrected chi connectivity index (χ2v) is 7.54. The van der Waals surface area contributed by atoms with Gasteiger partial charge in [0.05, 0.1) is 5.25 Å². The van der Waals surface area contributed by atoms with Crippen molar-refractivity contribution in [1.82, 2.24) is 4.90 Å². The van der Waals surface area contributed by atoms with Gasteiger partial charge in [-0.3, -0.25) is 14.5 Å². The Kier molecular flexibility index (Phi) is 4.05. The highest BCUT2D eigenvalue weighted by atomic mass is 32.2. The summed E-state index contributed by atoms with van der Waals surface area (Å²) >= 11 is 1.59. The summed E-state index contributed by atoms with van der Waals surface area (Å²) in [5.74, 6) is -0.0169. The predicted molar refractivity (Wildman–Crippen MR) is 67.3 cm³/mol. The molecule has 0 aromatic carbocycles. The van der Waals surface area contributed by atoms with E-state index in [9.17, 15) is 9.59 Å². The standard InChI is InChI=1S/C12H21NO2S/c1-8(2)16-9-6-10(14)13(11(9)15)7-12(3,4)5/h8-9H,6-7H2,1-5H3. The Bertz CT molecular complexity index is 294. The van der Waals surface area contributed by atoms with E-state index in [1.54, 1.807) is 11.8 Å². The van der Waals surface area contributed by atoms with Gasteiger partial charge in [-0.05, 0) is 10.7 Å². The van der Waals surface area contributed by atoms with Gasteiger partial charge >= 0.3 is 0 Å². The molecule has 0 radical (unpaired) electrons. The molecule has 0 saturated carbocycles. The van der Waals surface area contributed by atoms with Crippen LogP contribution in [0.2, 0.25) is 0 Å². The van der Waals surface area contributed by atoms with Gasteiger partial charge < -0.3 is 0 Å². The SMILES string of the molecule is CC(C)SC1CC(=O)N(CC(C)(C)C)C1=O. The van der Waals surface area contributed by atoms with Crippen molar-refractivity contribution in [3.63, 3.8) is 0 Å². The Morgan fingerprint density at radius 1 is 1.38 bits per heavy atom. The Balaban J connectivity index is 2.68. The van der Waals surface area contributed by atoms with Crippen LogP contribution in [0, 0.1) is 5.41 Å². The number of carbonyl (C=O) groups excluding carboxylic acids is 2. The van der Waals surface area contributed by atoms with Crippen molar-refractivity contribution in [3.05, 3.63) is 0 Å². The molecule has 0 aromatic rings. The quantitative estimate of drug-likeness (QED) is 0.714. The van der Waals surface area contributed by atoms with E-state index in [0.717, 1.165) is 0 Å². The fraction of sp³-hybridized carbons (Fsp3) is 0.833. The van der Waals surface area contributed by atoms with Crippen LogP contribution in [0.25, 0.3) is 0 Å². The summed E-state index contributed by atoms with van der Waals surface area (Å²) in [6.07, 6.45) is 0.373. The van der Waals surface area contributed by atoms with Gasteiger partial charge in [0.25, 0.3) is 0 Å². The maximum atomic E-state index is 12.0. The van der Waals surface area contributed by atoms with Crippen LogP contribution in [0.5, 0.6) is 0 Å². The Morgan fingerprint density at radius 3 is 2.38 bits per heavy atom. The fourth-order valence-electron chi connectivity index (χ4n) is 1.73. The molecule has 3 nitrogen and oxygen atoms in total. The van der Waals surface area contributed by atoms with Crippen LogP contribution >= 0.6 is 11.8 Å². The first kappa shape index (κ1) is 13.6. The zero-order valence-corrected chi connectivity index (χ0v) is 11.6. The van der Waals surface area contributed by atoms with Crippen LogP contribution in [-0.4, -0.2) is 33.8 Å². The summed E-state index contributed by atoms with van der Waals surface area (Å²) in [5, 5.41) is 0.228. The largest absolute Gasteiger partial charge is 0.281 e. The van der Waals surface area contributed by atoms with Crippen LogP contribution in [0.3, 0.4) is 0 Å². The van der Waals surface area contributed by atoms with Crippen LogP contribution in [-0.2, 0) is 9.59 Å². The van der Waals surface area contributed by atoms with E-state index in [1.165, 1.54) is 4.90 Å². The lowest BCUT2D eigenvalue weighted by atomic mass is 9.96. The van der Waals surface area contributed by atoms with Gasteiger partial charge in [0.1, 0.15) is 0 Å². The molecular formula is C12H21NO2S. The second kappa shape index (κ2) is 4.78. The molecule has 1 unspecified atom stereocenters. The minimum absolute atomic E-state index is 0.00127. The number of thioether (sulfide) groups is 1. The van der Waals surface area contributed by atoms with E-state index in [-0.39, 0.29) is 22.5 Å². The molecule has 1 fully saturated rings. The average molecular weight is 243 g/mol. The van der Waals surface area contributed by atoms with Crippen molar-refractivity contribution < 1.29 is 9.59 Å². The maximum absolute atomic E-state index is 12.0. The number of likely N-dealkylation sites (tertiary alicyclic amines) is 1. The van der Waals surface area contributed by atoms with E-state index in [4.69, 9.17) is 0 Å². The van der Waals surface area contributed by atoms with E-state index in [2.05, 4.69) is 13.8 Å². The van der Waals surface area contributed by atoms with Crippen molar-refractivity contribution in [2.75, 3.05) is 6.54 Å². The smallest absolute Gasteiger partial charge is 0.242 e. The molecule has 0 bridgehead atoms. The van der Waals surface area contributed by atoms with Crippen molar-refractivity contribution in [2.24, 2.45) is 5.41 Å². The molecule has 1 saturated heterocycles. The van der Waals surface area contributed by atoms with Gasteiger partial charge in [-0.2, -0.15) is 0 Å². The molecule has 4 heteroatoms. The summed E-state index contributed by atoms with van der Waals surface area (Å²) in [6, 6.07) is 0. The van der Waals surface area contributed by atoms with Gasteiger partial charge in [0, 0.05) is 13.0 Å². The zero-order chi connectivity index (χ0) is 12.5. The summed E-state index contributed by atoms with van der Waals surface area (Å²) in [5.41, 5.74) is -0.0251. The number of hydrogen-bond acceptors (Lipinski definition) is 3. The molecule has 1 heterocycles. The monoisotopic (exact) mass is 243 g/mol. The summed E-state index contributed by atoms with van der Waals surface area (Å²) < 4.78 is 0. The normalized spacial score (nSPS) is 22.4. The van der Waals surface area contributed by atoms with Gasteiger partial charge in [-0.25, -0.2) is 0 Å². The zero-order valence-electron chi connectivity index (χ0n) is 10.7. The summed E-state index contributed by atoms with van der Waals surface area (Å²) in [4.78, 5) is 25.2. The average Bonchev–Trinajstić information content (AvgIpc) is 2.29. The predicted octanol–water partition coefficient (Wildman–Crippen LogP) is 2.30. The molecule has 1 aliphatic rings. The number of imide groups is 1. The number of amides is 2. The third kappa shape index (κ3) is 3.51. The number of hydrogen-bond donors (Lipinski definition) is 0. The van der Waals surface area contributed by atoms with Gasteiger partial charge in [-0.15, -0.1) is 11.8 Å². The highest BCUT2D eigenvalue weighted by Crippen LogP contribution is 2.30. The number of nitrogens with zero attached hydrogens (tertiary/aromatic N) is 1. The lowest BCUT2D eigenvalue weighted by molar-refractivity contribution is -0.139. The molecule has 2 amide bonds. The number of carbonyl (C=O) groups is 2. The Hall–Kier alpha value is -0.510. The Labute approximate surface area is 102 Å². The van der Waals surface area contributed by atoms with Gasteiger partial charge in [-0.1, -0.05) is 34.6 Å². The second-order valence-electron chi connectivity index (χ2n) is 5.76. The maximum Gasteiger partial charge on any atom is 0.242 e. The van der Waals surface area contributed by atoms with Crippen LogP contribution in [0.1, 0.15) is 41.0 Å². The molecule has 0 N–H and O–H groups in total. The number of rotatable bonds is 3. The van der Waals surface area contributed by atoms with Crippen LogP contribution in [0.15, 0.2) is 0 Å². The molecule has 92 valence electrons. The first-order valence-electron chi connectivity index (χ1n) is 5.70. The lowest BCUT2D eigenvalue weighted by Gasteiger charge is -2.25. The van der Waals surface area contributed by atoms with E-state index >= 15 is 0 Å². The van der Waals surface area contributed by atoms with Crippen LogP contribution < -0.4 is 0 Å². The molecule has 0 spiro atoms. The minimum Gasteiger partial charge on any atom is -0.281 e. The molecule has 1 rings (SSSR count). The lowest BCUT2D eigenvalue weighted by Crippen LogP contribution is -2.38. The Morgan fingerprint density at radius 2 is 1.94 bits per heavy atom. The molecule has 0 aliphatic carbocycles. The first-order chi connectivity index (χ1) is 7.20. The molecular weight excluding hydrogens is 222 g/mol. The highest BCUT2D eigenvalue weighted by molar-refractivity contribution is 8.01. The summed E-state index contributed by atoms with van der Waals surface area (Å²) in [6.45, 7) is 10.7. The third-order valence-corrected chi connectivity index (χ3v) is 3.51. The van der Waals surface area contributed by atoms with Gasteiger partial charge in [0.15, 0.2) is 0 Å². The van der Waals surface area contributed by atoms with Crippen molar-refractivity contribution in [3.8, 4) is 0 Å². The van der Waals surface area contributed by atoms with Crippen molar-refractivity contribution in [2.45, 2.75) is 51.5 Å². The highest BCUT2D eigenvalue weighted by Gasteiger charge is 2.40. The molecule has 1 aliphatic heterocycles. The van der Waals surface area contributed by atoms with Crippen LogP contribution in [0.4, 0.5) is 0 Å². The topological polar surface area (TPSA) is 37.4 Å². The molecule has 1 atom stereocenters. The fourth-order valence-corrected chi connectivity index (χ4v) is 2.87. The van der Waals surface area contributed by atoms with E-state index in [1.807, 2.05) is 20.8 Å². The van der Waals surface area contributed by atoms with Gasteiger partial charge in [0.2, 0.25) is 11.8 Å². The summed E-state index contributed by atoms with van der Waals surface area (Å²) in [7, 11) is 0. The van der Waals surface area contributed by atoms with E-state index < -0.39 is 0 Å². The molecule has 16 heavy (non-hydrogen) atoms. The van der Waals surface area contributed by atoms with E-state index in [0.29, 0.717) is 18.2 Å².